The van der Waals surface area contributed by atoms with Gasteiger partial charge in [0.15, 0.2) is 0 Å². The zero-order chi connectivity index (χ0) is 23.8. The lowest BCUT2D eigenvalue weighted by molar-refractivity contribution is -0.385. The Balaban J connectivity index is 0.00000151. The molecule has 0 fully saturated rings. The Labute approximate surface area is 180 Å². The highest BCUT2D eigenvalue weighted by Crippen LogP contribution is 2.28. The van der Waals surface area contributed by atoms with E-state index in [-0.39, 0.29) is 11.8 Å². The number of hydrogen-bond acceptors (Lipinski definition) is 7. The van der Waals surface area contributed by atoms with E-state index in [9.17, 15) is 14.9 Å². The van der Waals surface area contributed by atoms with Crippen molar-refractivity contribution in [2.24, 2.45) is 0 Å². The molecule has 0 bridgehead atoms. The number of rotatable bonds is 6. The van der Waals surface area contributed by atoms with E-state index >= 15 is 0 Å². The van der Waals surface area contributed by atoms with Gasteiger partial charge in [-0.05, 0) is 52.7 Å². The maximum atomic E-state index is 12.5. The van der Waals surface area contributed by atoms with Gasteiger partial charge in [-0.3, -0.25) is 14.8 Å². The highest BCUT2D eigenvalue weighted by atomic mass is 16.6. The molecule has 2 aromatic rings. The van der Waals surface area contributed by atoms with Crippen LogP contribution in [-0.4, -0.2) is 32.5 Å². The number of carbonyl (C=O) groups is 1. The van der Waals surface area contributed by atoms with Crippen LogP contribution >= 0.6 is 0 Å². The number of carbonyl (C=O) groups excluding carboxylic acids is 3. The minimum absolute atomic E-state index is 0.0397. The number of aryl methyl sites for hydroxylation is 2. The van der Waals surface area contributed by atoms with Crippen LogP contribution in [0.25, 0.3) is 0 Å². The molecule has 10 nitrogen and oxygen atoms in total. The Bertz CT molecular complexity index is 957. The van der Waals surface area contributed by atoms with Crippen molar-refractivity contribution in [2.45, 2.75) is 65.6 Å². The number of ether oxygens (including phenoxy) is 1. The SMILES string of the molecule is CCc1cc(C)nn1CC(C)(NC(=O)OC(C)(C)C)c1cccc([N+](=O)[O-])c1.O=C=O. The summed E-state index contributed by atoms with van der Waals surface area (Å²) in [4.78, 5) is 39.5. The third kappa shape index (κ3) is 7.67. The van der Waals surface area contributed by atoms with Gasteiger partial charge in [-0.2, -0.15) is 14.7 Å². The van der Waals surface area contributed by atoms with Crippen molar-refractivity contribution in [2.75, 3.05) is 0 Å². The molecule has 0 aliphatic heterocycles. The predicted octanol–water partition coefficient (Wildman–Crippen LogP) is 3.52. The van der Waals surface area contributed by atoms with Crippen molar-refractivity contribution in [3.8, 4) is 0 Å². The summed E-state index contributed by atoms with van der Waals surface area (Å²) < 4.78 is 7.24. The van der Waals surface area contributed by atoms with Crippen LogP contribution in [0.1, 0.15) is 51.6 Å². The van der Waals surface area contributed by atoms with Crippen LogP contribution in [0.15, 0.2) is 30.3 Å². The van der Waals surface area contributed by atoms with Crippen molar-refractivity contribution in [3.05, 3.63) is 57.4 Å². The van der Waals surface area contributed by atoms with Gasteiger partial charge < -0.3 is 10.1 Å². The van der Waals surface area contributed by atoms with E-state index in [1.807, 2.05) is 31.5 Å². The fraction of sp³-hybridized carbons (Fsp3) is 0.476. The standard InChI is InChI=1S/C20H28N4O4.CO2/c1-7-16-11-14(2)22-23(16)13-20(6,21-18(25)28-19(3,4)5)15-9-8-10-17(12-15)24(26)27;2-1-3/h8-12H,7,13H2,1-6H3,(H,21,25);. The van der Waals surface area contributed by atoms with Gasteiger partial charge in [0.05, 0.1) is 22.7 Å². The molecular weight excluding hydrogens is 404 g/mol. The second-order valence-corrected chi connectivity index (χ2v) is 8.14. The predicted molar refractivity (Wildman–Crippen MR) is 111 cm³/mol. The van der Waals surface area contributed by atoms with Crippen LogP contribution < -0.4 is 5.32 Å². The molecule has 1 aromatic heterocycles. The minimum Gasteiger partial charge on any atom is -0.444 e. The second-order valence-electron chi connectivity index (χ2n) is 8.14. The molecular formula is C21H28N4O6. The second kappa shape index (κ2) is 10.5. The fourth-order valence-electron chi connectivity index (χ4n) is 3.01. The first-order chi connectivity index (χ1) is 14.3. The van der Waals surface area contributed by atoms with Gasteiger partial charge in [-0.1, -0.05) is 19.1 Å². The van der Waals surface area contributed by atoms with Gasteiger partial charge >= 0.3 is 12.2 Å². The van der Waals surface area contributed by atoms with Crippen LogP contribution in [0, 0.1) is 17.0 Å². The van der Waals surface area contributed by atoms with Crippen molar-refractivity contribution in [1.29, 1.82) is 0 Å². The van der Waals surface area contributed by atoms with Gasteiger partial charge in [0.1, 0.15) is 5.60 Å². The number of benzene rings is 1. The lowest BCUT2D eigenvalue weighted by Gasteiger charge is -2.33. The molecule has 31 heavy (non-hydrogen) atoms. The highest BCUT2D eigenvalue weighted by molar-refractivity contribution is 5.69. The van der Waals surface area contributed by atoms with Crippen molar-refractivity contribution in [3.63, 3.8) is 0 Å². The maximum Gasteiger partial charge on any atom is 0.408 e. The zero-order valence-electron chi connectivity index (χ0n) is 18.6. The monoisotopic (exact) mass is 432 g/mol. The van der Waals surface area contributed by atoms with E-state index in [1.54, 1.807) is 32.9 Å². The third-order valence-electron chi connectivity index (χ3n) is 4.28. The molecule has 2 rings (SSSR count). The molecule has 1 N–H and O–H groups in total. The smallest absolute Gasteiger partial charge is 0.408 e. The van der Waals surface area contributed by atoms with Crippen molar-refractivity contribution in [1.82, 2.24) is 15.1 Å². The molecule has 10 heteroatoms. The minimum atomic E-state index is -0.962. The number of hydrogen-bond donors (Lipinski definition) is 1. The molecule has 1 unspecified atom stereocenters. The number of alkyl carbamates (subject to hydrolysis) is 1. The molecule has 0 spiro atoms. The Kier molecular flexibility index (Phi) is 8.64. The first-order valence-corrected chi connectivity index (χ1v) is 9.64. The molecule has 1 atom stereocenters. The maximum absolute atomic E-state index is 12.5. The number of aromatic nitrogens is 2. The summed E-state index contributed by atoms with van der Waals surface area (Å²) in [6, 6.07) is 8.25. The molecule has 0 aliphatic rings. The van der Waals surface area contributed by atoms with Crippen LogP contribution in [0.4, 0.5) is 10.5 Å². The van der Waals surface area contributed by atoms with E-state index < -0.39 is 22.2 Å². The number of nitro groups is 1. The lowest BCUT2D eigenvalue weighted by atomic mass is 9.91. The van der Waals surface area contributed by atoms with Crippen LogP contribution in [0.2, 0.25) is 0 Å². The summed E-state index contributed by atoms with van der Waals surface area (Å²) in [7, 11) is 0. The molecule has 168 valence electrons. The summed E-state index contributed by atoms with van der Waals surface area (Å²) in [5.41, 5.74) is 0.821. The Morgan fingerprint density at radius 2 is 1.87 bits per heavy atom. The third-order valence-corrected chi connectivity index (χ3v) is 4.28. The average molecular weight is 432 g/mol. The number of amides is 1. The van der Waals surface area contributed by atoms with E-state index in [2.05, 4.69) is 10.4 Å². The topological polar surface area (TPSA) is 133 Å². The van der Waals surface area contributed by atoms with Gasteiger partial charge in [-0.15, -0.1) is 0 Å². The Morgan fingerprint density at radius 3 is 2.39 bits per heavy atom. The summed E-state index contributed by atoms with van der Waals surface area (Å²) in [6.45, 7) is 11.4. The summed E-state index contributed by atoms with van der Waals surface area (Å²) in [6.07, 6.45) is 0.432. The van der Waals surface area contributed by atoms with E-state index in [0.29, 0.717) is 12.1 Å². The van der Waals surface area contributed by atoms with E-state index in [0.717, 1.165) is 17.8 Å². The van der Waals surface area contributed by atoms with Gasteiger partial charge in [0, 0.05) is 17.8 Å². The summed E-state index contributed by atoms with van der Waals surface area (Å²) >= 11 is 0. The highest BCUT2D eigenvalue weighted by Gasteiger charge is 2.33. The quantitative estimate of drug-likeness (QED) is 0.545. The average Bonchev–Trinajstić information content (AvgIpc) is 2.99. The van der Waals surface area contributed by atoms with E-state index in [4.69, 9.17) is 14.3 Å². The largest absolute Gasteiger partial charge is 0.444 e. The Morgan fingerprint density at radius 1 is 1.26 bits per heavy atom. The normalized spacial score (nSPS) is 12.6. The molecule has 1 heterocycles. The fourth-order valence-corrected chi connectivity index (χ4v) is 3.01. The molecule has 1 aromatic carbocycles. The van der Waals surface area contributed by atoms with E-state index in [1.165, 1.54) is 12.1 Å². The summed E-state index contributed by atoms with van der Waals surface area (Å²) in [5, 5.41) is 18.6. The summed E-state index contributed by atoms with van der Waals surface area (Å²) in [5.74, 6) is 0. The number of nitrogens with zero attached hydrogens (tertiary/aromatic N) is 3. The molecule has 0 saturated heterocycles. The molecule has 0 radical (unpaired) electrons. The number of nitrogens with one attached hydrogen (secondary N) is 1. The van der Waals surface area contributed by atoms with Crippen molar-refractivity contribution < 1.29 is 24.0 Å². The zero-order valence-corrected chi connectivity index (χ0v) is 18.6. The van der Waals surface area contributed by atoms with Crippen LogP contribution in [-0.2, 0) is 32.8 Å². The van der Waals surface area contributed by atoms with Crippen LogP contribution in [0.3, 0.4) is 0 Å². The van der Waals surface area contributed by atoms with Gasteiger partial charge in [0.25, 0.3) is 5.69 Å². The Hall–Kier alpha value is -3.52. The number of nitro benzene ring substituents is 1. The molecule has 0 aliphatic carbocycles. The van der Waals surface area contributed by atoms with Crippen LogP contribution in [0.5, 0.6) is 0 Å². The first-order valence-electron chi connectivity index (χ1n) is 9.64. The number of non-ortho nitro benzene ring substituents is 1. The van der Waals surface area contributed by atoms with Gasteiger partial charge in [-0.25, -0.2) is 4.79 Å². The van der Waals surface area contributed by atoms with Crippen molar-refractivity contribution >= 4 is 17.9 Å². The van der Waals surface area contributed by atoms with Gasteiger partial charge in [0.2, 0.25) is 0 Å². The molecule has 0 saturated carbocycles. The molecule has 1 amide bonds. The first kappa shape index (κ1) is 25.5. The lowest BCUT2D eigenvalue weighted by Crippen LogP contribution is -2.48.